The molecule has 5 nitrogen and oxygen atoms in total. The van der Waals surface area contributed by atoms with E-state index in [-0.39, 0.29) is 12.6 Å². The van der Waals surface area contributed by atoms with Crippen molar-refractivity contribution in [3.05, 3.63) is 53.2 Å². The SMILES string of the molecule is C=Cc1ccccc1C1NC(=O)NC(C)=C1C(=O)OCC. The number of allylic oxidation sites excluding steroid dienone is 1. The van der Waals surface area contributed by atoms with Crippen LogP contribution < -0.4 is 10.6 Å². The zero-order chi connectivity index (χ0) is 15.4. The lowest BCUT2D eigenvalue weighted by Gasteiger charge is -2.29. The number of esters is 1. The second-order valence-corrected chi connectivity index (χ2v) is 4.62. The van der Waals surface area contributed by atoms with Crippen molar-refractivity contribution in [2.75, 3.05) is 6.61 Å². The van der Waals surface area contributed by atoms with Crippen molar-refractivity contribution >= 4 is 18.1 Å². The van der Waals surface area contributed by atoms with Crippen LogP contribution in [0.3, 0.4) is 0 Å². The lowest BCUT2D eigenvalue weighted by Crippen LogP contribution is -2.45. The molecule has 2 rings (SSSR count). The van der Waals surface area contributed by atoms with Gasteiger partial charge in [-0.05, 0) is 25.0 Å². The summed E-state index contributed by atoms with van der Waals surface area (Å²) >= 11 is 0. The molecule has 0 fully saturated rings. The molecule has 1 aliphatic rings. The third kappa shape index (κ3) is 2.97. The van der Waals surface area contributed by atoms with Gasteiger partial charge < -0.3 is 15.4 Å². The Morgan fingerprint density at radius 2 is 2.14 bits per heavy atom. The van der Waals surface area contributed by atoms with Crippen molar-refractivity contribution in [2.45, 2.75) is 19.9 Å². The molecule has 0 saturated heterocycles. The fourth-order valence-electron chi connectivity index (χ4n) is 2.37. The summed E-state index contributed by atoms with van der Waals surface area (Å²) in [5.41, 5.74) is 2.58. The number of urea groups is 1. The lowest BCUT2D eigenvalue weighted by atomic mass is 9.92. The first kappa shape index (κ1) is 14.8. The number of benzene rings is 1. The van der Waals surface area contributed by atoms with Crippen LogP contribution in [0, 0.1) is 0 Å². The molecule has 2 N–H and O–H groups in total. The third-order valence-corrected chi connectivity index (χ3v) is 3.29. The molecule has 0 aliphatic carbocycles. The third-order valence-electron chi connectivity index (χ3n) is 3.29. The Morgan fingerprint density at radius 3 is 2.81 bits per heavy atom. The molecule has 21 heavy (non-hydrogen) atoms. The standard InChI is InChI=1S/C16H18N2O3/c1-4-11-8-6-7-9-12(11)14-13(15(19)21-5-2)10(3)17-16(20)18-14/h4,6-9,14H,1,5H2,2-3H3,(H2,17,18,20). The molecule has 1 atom stereocenters. The molecule has 0 spiro atoms. The van der Waals surface area contributed by atoms with Gasteiger partial charge in [0.1, 0.15) is 0 Å². The van der Waals surface area contributed by atoms with Crippen LogP contribution in [0.2, 0.25) is 0 Å². The fourth-order valence-corrected chi connectivity index (χ4v) is 2.37. The smallest absolute Gasteiger partial charge is 0.338 e. The number of carbonyl (C=O) groups is 2. The average molecular weight is 286 g/mol. The van der Waals surface area contributed by atoms with E-state index in [0.717, 1.165) is 11.1 Å². The van der Waals surface area contributed by atoms with Gasteiger partial charge in [-0.3, -0.25) is 0 Å². The Morgan fingerprint density at radius 1 is 1.43 bits per heavy atom. The number of carbonyl (C=O) groups excluding carboxylic acids is 2. The fraction of sp³-hybridized carbons (Fsp3) is 0.250. The second kappa shape index (κ2) is 6.26. The molecule has 110 valence electrons. The summed E-state index contributed by atoms with van der Waals surface area (Å²) in [6, 6.07) is 6.59. The molecule has 1 aliphatic heterocycles. The van der Waals surface area contributed by atoms with Crippen LogP contribution in [-0.2, 0) is 9.53 Å². The van der Waals surface area contributed by atoms with Crippen molar-refractivity contribution in [1.82, 2.24) is 10.6 Å². The Balaban J connectivity index is 2.52. The monoisotopic (exact) mass is 286 g/mol. The summed E-state index contributed by atoms with van der Waals surface area (Å²) in [6.45, 7) is 7.48. The number of rotatable bonds is 4. The zero-order valence-corrected chi connectivity index (χ0v) is 12.1. The van der Waals surface area contributed by atoms with Gasteiger partial charge in [-0.25, -0.2) is 9.59 Å². The molecule has 0 saturated carbocycles. The van der Waals surface area contributed by atoms with E-state index in [1.165, 1.54) is 0 Å². The molecule has 1 unspecified atom stereocenters. The highest BCUT2D eigenvalue weighted by atomic mass is 16.5. The molecule has 1 heterocycles. The largest absolute Gasteiger partial charge is 0.463 e. The number of hydrogen-bond acceptors (Lipinski definition) is 3. The van der Waals surface area contributed by atoms with Gasteiger partial charge >= 0.3 is 12.0 Å². The predicted octanol–water partition coefficient (Wildman–Crippen LogP) is 2.52. The first-order chi connectivity index (χ1) is 10.1. The van der Waals surface area contributed by atoms with E-state index in [4.69, 9.17) is 4.74 Å². The molecule has 0 aromatic heterocycles. The summed E-state index contributed by atoms with van der Waals surface area (Å²) in [7, 11) is 0. The van der Waals surface area contributed by atoms with E-state index in [0.29, 0.717) is 11.3 Å². The maximum atomic E-state index is 12.2. The minimum Gasteiger partial charge on any atom is -0.463 e. The molecule has 0 bridgehead atoms. The van der Waals surface area contributed by atoms with Gasteiger partial charge in [0, 0.05) is 5.70 Å². The highest BCUT2D eigenvalue weighted by Crippen LogP contribution is 2.30. The quantitative estimate of drug-likeness (QED) is 0.836. The molecule has 1 aromatic carbocycles. The Hall–Kier alpha value is -2.56. The van der Waals surface area contributed by atoms with Crippen molar-refractivity contribution < 1.29 is 14.3 Å². The molecular formula is C16H18N2O3. The second-order valence-electron chi connectivity index (χ2n) is 4.62. The van der Waals surface area contributed by atoms with Gasteiger partial charge in [0.15, 0.2) is 0 Å². The highest BCUT2D eigenvalue weighted by Gasteiger charge is 2.32. The van der Waals surface area contributed by atoms with Crippen LogP contribution >= 0.6 is 0 Å². The summed E-state index contributed by atoms with van der Waals surface area (Å²) in [5.74, 6) is -0.439. The van der Waals surface area contributed by atoms with Crippen LogP contribution in [0.25, 0.3) is 6.08 Å². The van der Waals surface area contributed by atoms with E-state index in [1.807, 2.05) is 24.3 Å². The number of amides is 2. The van der Waals surface area contributed by atoms with E-state index in [9.17, 15) is 9.59 Å². The van der Waals surface area contributed by atoms with Crippen molar-refractivity contribution in [3.8, 4) is 0 Å². The Bertz CT molecular complexity index is 620. The number of nitrogens with one attached hydrogen (secondary N) is 2. The first-order valence-electron chi connectivity index (χ1n) is 6.75. The minimum atomic E-state index is -0.549. The molecule has 5 heteroatoms. The van der Waals surface area contributed by atoms with E-state index >= 15 is 0 Å². The molecule has 1 aromatic rings. The molecule has 0 radical (unpaired) electrons. The maximum Gasteiger partial charge on any atom is 0.338 e. The Kier molecular flexibility index (Phi) is 4.42. The first-order valence-corrected chi connectivity index (χ1v) is 6.75. The summed E-state index contributed by atoms with van der Waals surface area (Å²) < 4.78 is 5.10. The van der Waals surface area contributed by atoms with Crippen molar-refractivity contribution in [2.24, 2.45) is 0 Å². The van der Waals surface area contributed by atoms with Gasteiger partial charge in [0.2, 0.25) is 0 Å². The maximum absolute atomic E-state index is 12.2. The van der Waals surface area contributed by atoms with Crippen LogP contribution in [-0.4, -0.2) is 18.6 Å². The summed E-state index contributed by atoms with van der Waals surface area (Å²) in [5, 5.41) is 5.38. The van der Waals surface area contributed by atoms with Crippen LogP contribution in [0.1, 0.15) is 31.0 Å². The molecule has 2 amide bonds. The normalized spacial score (nSPS) is 17.8. The highest BCUT2D eigenvalue weighted by molar-refractivity contribution is 5.95. The summed E-state index contributed by atoms with van der Waals surface area (Å²) in [4.78, 5) is 23.9. The van der Waals surface area contributed by atoms with Gasteiger partial charge in [0.05, 0.1) is 18.2 Å². The van der Waals surface area contributed by atoms with Gasteiger partial charge in [-0.15, -0.1) is 0 Å². The van der Waals surface area contributed by atoms with Gasteiger partial charge in [0.25, 0.3) is 0 Å². The minimum absolute atomic E-state index is 0.277. The van der Waals surface area contributed by atoms with E-state index < -0.39 is 12.0 Å². The van der Waals surface area contributed by atoms with Crippen LogP contribution in [0.5, 0.6) is 0 Å². The lowest BCUT2D eigenvalue weighted by molar-refractivity contribution is -0.139. The van der Waals surface area contributed by atoms with Crippen LogP contribution in [0.15, 0.2) is 42.1 Å². The van der Waals surface area contributed by atoms with E-state index in [2.05, 4.69) is 17.2 Å². The van der Waals surface area contributed by atoms with E-state index in [1.54, 1.807) is 19.9 Å². The average Bonchev–Trinajstić information content (AvgIpc) is 2.46. The Labute approximate surface area is 123 Å². The van der Waals surface area contributed by atoms with Crippen molar-refractivity contribution in [3.63, 3.8) is 0 Å². The number of hydrogen-bond donors (Lipinski definition) is 2. The number of ether oxygens (including phenoxy) is 1. The predicted molar refractivity (Wildman–Crippen MR) is 80.3 cm³/mol. The van der Waals surface area contributed by atoms with Crippen molar-refractivity contribution in [1.29, 1.82) is 0 Å². The summed E-state index contributed by atoms with van der Waals surface area (Å²) in [6.07, 6.45) is 1.70. The van der Waals surface area contributed by atoms with Gasteiger partial charge in [-0.2, -0.15) is 0 Å². The van der Waals surface area contributed by atoms with Crippen LogP contribution in [0.4, 0.5) is 4.79 Å². The topological polar surface area (TPSA) is 67.4 Å². The molecular weight excluding hydrogens is 268 g/mol. The van der Waals surface area contributed by atoms with Gasteiger partial charge in [-0.1, -0.05) is 36.9 Å². The zero-order valence-electron chi connectivity index (χ0n) is 12.1.